The largest absolute Gasteiger partial charge is 0.385 e. The van der Waals surface area contributed by atoms with E-state index in [1.165, 1.54) is 6.92 Å². The Morgan fingerprint density at radius 2 is 1.82 bits per heavy atom. The second-order valence-electron chi connectivity index (χ2n) is 2.93. The predicted molar refractivity (Wildman–Crippen MR) is 40.7 cm³/mol. The molecule has 0 saturated carbocycles. The van der Waals surface area contributed by atoms with Gasteiger partial charge in [0.15, 0.2) is 5.78 Å². The van der Waals surface area contributed by atoms with Crippen LogP contribution in [0.1, 0.15) is 20.8 Å². The molecule has 0 aliphatic carbocycles. The molecule has 1 N–H and O–H groups in total. The van der Waals surface area contributed by atoms with Crippen LogP contribution in [0, 0.1) is 11.8 Å². The number of rotatable bonds is 4. The molecule has 0 aromatic carbocycles. The van der Waals surface area contributed by atoms with Gasteiger partial charge in [-0.2, -0.15) is 0 Å². The highest BCUT2D eigenvalue weighted by Crippen LogP contribution is 2.07. The summed E-state index contributed by atoms with van der Waals surface area (Å²) in [5, 5.41) is 9.17. The van der Waals surface area contributed by atoms with Crippen LogP contribution in [0.15, 0.2) is 0 Å². The summed E-state index contributed by atoms with van der Waals surface area (Å²) in [6.07, 6.45) is 0.505. The first-order chi connectivity index (χ1) is 5.00. The lowest BCUT2D eigenvalue weighted by Crippen LogP contribution is -2.31. The minimum atomic E-state index is -1.04. The van der Waals surface area contributed by atoms with E-state index in [9.17, 15) is 9.59 Å². The molecular weight excluding hydrogens is 144 g/mol. The van der Waals surface area contributed by atoms with Gasteiger partial charge >= 0.3 is 0 Å². The average molecular weight is 157 g/mol. The second kappa shape index (κ2) is 4.23. The summed E-state index contributed by atoms with van der Waals surface area (Å²) in [4.78, 5) is 21.0. The molecule has 0 spiro atoms. The zero-order valence-electron chi connectivity index (χ0n) is 7.00. The fourth-order valence-electron chi connectivity index (χ4n) is 0.643. The molecule has 0 bridgehead atoms. The Morgan fingerprint density at radius 3 is 2.09 bits per heavy atom. The molecule has 2 unspecified atom stereocenters. The van der Waals surface area contributed by atoms with Crippen LogP contribution in [0.2, 0.25) is 0 Å². The van der Waals surface area contributed by atoms with Gasteiger partial charge in [-0.15, -0.1) is 0 Å². The van der Waals surface area contributed by atoms with Crippen LogP contribution in [0.4, 0.5) is 0 Å². The Hall–Kier alpha value is -0.700. The molecule has 0 heterocycles. The standard InChI is InChI=1S/C8H13O3/c1-5(2)7(10)8(11)6(3)4-9/h5-7,10H,1-3H3. The lowest BCUT2D eigenvalue weighted by Gasteiger charge is -2.13. The van der Waals surface area contributed by atoms with E-state index in [1.54, 1.807) is 20.1 Å². The summed E-state index contributed by atoms with van der Waals surface area (Å²) in [5.74, 6) is -1.40. The molecule has 3 heteroatoms. The smallest absolute Gasteiger partial charge is 0.209 e. The van der Waals surface area contributed by atoms with Gasteiger partial charge in [0, 0.05) is 0 Å². The summed E-state index contributed by atoms with van der Waals surface area (Å²) < 4.78 is 0. The number of aliphatic hydroxyl groups is 1. The molecule has 1 radical (unpaired) electrons. The first-order valence-electron chi connectivity index (χ1n) is 3.60. The van der Waals surface area contributed by atoms with Crippen LogP contribution < -0.4 is 0 Å². The Balaban J connectivity index is 4.12. The SMILES string of the molecule is CC([C]=O)C(=O)C(O)C(C)C. The third-order valence-electron chi connectivity index (χ3n) is 1.53. The normalized spacial score (nSPS) is 16.1. The van der Waals surface area contributed by atoms with Gasteiger partial charge < -0.3 is 5.11 Å². The van der Waals surface area contributed by atoms with Gasteiger partial charge in [-0.1, -0.05) is 13.8 Å². The molecular formula is C8H13O3. The monoisotopic (exact) mass is 157 g/mol. The minimum Gasteiger partial charge on any atom is -0.385 e. The number of hydrogen-bond donors (Lipinski definition) is 1. The Bertz CT molecular complexity index is 151. The van der Waals surface area contributed by atoms with Crippen LogP contribution in [0.3, 0.4) is 0 Å². The Kier molecular flexibility index (Phi) is 3.97. The van der Waals surface area contributed by atoms with Crippen LogP contribution in [-0.2, 0) is 9.59 Å². The summed E-state index contributed by atoms with van der Waals surface area (Å²) in [7, 11) is 0. The number of hydrogen-bond acceptors (Lipinski definition) is 3. The zero-order chi connectivity index (χ0) is 9.02. The van der Waals surface area contributed by atoms with E-state index < -0.39 is 17.8 Å². The van der Waals surface area contributed by atoms with E-state index in [1.807, 2.05) is 0 Å². The van der Waals surface area contributed by atoms with Crippen LogP contribution in [0.5, 0.6) is 0 Å². The average Bonchev–Trinajstić information content (AvgIpc) is 2.00. The third-order valence-corrected chi connectivity index (χ3v) is 1.53. The maximum atomic E-state index is 11.0. The van der Waals surface area contributed by atoms with Gasteiger partial charge in [0.05, 0.1) is 5.92 Å². The van der Waals surface area contributed by atoms with E-state index >= 15 is 0 Å². The molecule has 0 fully saturated rings. The van der Waals surface area contributed by atoms with Crippen LogP contribution >= 0.6 is 0 Å². The van der Waals surface area contributed by atoms with Crippen molar-refractivity contribution in [3.63, 3.8) is 0 Å². The lowest BCUT2D eigenvalue weighted by atomic mass is 9.96. The fraction of sp³-hybridized carbons (Fsp3) is 0.750. The van der Waals surface area contributed by atoms with Crippen molar-refractivity contribution in [2.75, 3.05) is 0 Å². The van der Waals surface area contributed by atoms with E-state index in [0.717, 1.165) is 0 Å². The van der Waals surface area contributed by atoms with Crippen LogP contribution in [-0.4, -0.2) is 23.3 Å². The van der Waals surface area contributed by atoms with Gasteiger partial charge in [0.1, 0.15) is 6.10 Å². The zero-order valence-corrected chi connectivity index (χ0v) is 7.00. The van der Waals surface area contributed by atoms with Gasteiger partial charge in [-0.3, -0.25) is 9.59 Å². The maximum absolute atomic E-state index is 11.0. The molecule has 0 aromatic heterocycles. The topological polar surface area (TPSA) is 54.4 Å². The predicted octanol–water partition coefficient (Wildman–Crippen LogP) is 0.318. The van der Waals surface area contributed by atoms with Crippen molar-refractivity contribution in [3.8, 4) is 0 Å². The highest BCUT2D eigenvalue weighted by atomic mass is 16.3. The summed E-state index contributed by atoms with van der Waals surface area (Å²) in [6.45, 7) is 4.88. The first kappa shape index (κ1) is 10.3. The van der Waals surface area contributed by atoms with E-state index in [-0.39, 0.29) is 5.92 Å². The maximum Gasteiger partial charge on any atom is 0.209 e. The van der Waals surface area contributed by atoms with Gasteiger partial charge in [-0.25, -0.2) is 0 Å². The van der Waals surface area contributed by atoms with Crippen molar-refractivity contribution in [2.45, 2.75) is 26.9 Å². The molecule has 0 amide bonds. The van der Waals surface area contributed by atoms with E-state index in [2.05, 4.69) is 0 Å². The number of carbonyl (C=O) groups excluding carboxylic acids is 2. The number of Topliss-reactive ketones (excluding diaryl/α,β-unsaturated/α-hetero) is 1. The first-order valence-corrected chi connectivity index (χ1v) is 3.60. The third kappa shape index (κ3) is 2.80. The van der Waals surface area contributed by atoms with Gasteiger partial charge in [-0.05, 0) is 12.8 Å². The van der Waals surface area contributed by atoms with E-state index in [0.29, 0.717) is 0 Å². The quantitative estimate of drug-likeness (QED) is 0.598. The summed E-state index contributed by atoms with van der Waals surface area (Å²) >= 11 is 0. The second-order valence-corrected chi connectivity index (χ2v) is 2.93. The molecule has 63 valence electrons. The molecule has 0 aromatic rings. The van der Waals surface area contributed by atoms with Gasteiger partial charge in [0.25, 0.3) is 0 Å². The molecule has 11 heavy (non-hydrogen) atoms. The van der Waals surface area contributed by atoms with E-state index in [4.69, 9.17) is 5.11 Å². The molecule has 2 atom stereocenters. The van der Waals surface area contributed by atoms with Crippen molar-refractivity contribution in [2.24, 2.45) is 11.8 Å². The van der Waals surface area contributed by atoms with Crippen molar-refractivity contribution in [1.82, 2.24) is 0 Å². The highest BCUT2D eigenvalue weighted by molar-refractivity contribution is 5.95. The molecule has 3 nitrogen and oxygen atoms in total. The van der Waals surface area contributed by atoms with Gasteiger partial charge in [0.2, 0.25) is 6.29 Å². The minimum absolute atomic E-state index is 0.140. The summed E-state index contributed by atoms with van der Waals surface area (Å²) in [5.41, 5.74) is 0. The van der Waals surface area contributed by atoms with Crippen molar-refractivity contribution >= 4 is 12.1 Å². The Morgan fingerprint density at radius 1 is 1.36 bits per heavy atom. The molecule has 0 aliphatic rings. The molecule has 0 aliphatic heterocycles. The fourth-order valence-corrected chi connectivity index (χ4v) is 0.643. The number of carbonyl (C=O) groups is 1. The molecule has 0 rings (SSSR count). The van der Waals surface area contributed by atoms with Crippen molar-refractivity contribution in [3.05, 3.63) is 0 Å². The van der Waals surface area contributed by atoms with Crippen molar-refractivity contribution in [1.29, 1.82) is 0 Å². The number of aliphatic hydroxyl groups excluding tert-OH is 1. The highest BCUT2D eigenvalue weighted by Gasteiger charge is 2.24. The van der Waals surface area contributed by atoms with Crippen LogP contribution in [0.25, 0.3) is 0 Å². The Labute approximate surface area is 66.4 Å². The lowest BCUT2D eigenvalue weighted by molar-refractivity contribution is -0.130. The number of ketones is 1. The summed E-state index contributed by atoms with van der Waals surface area (Å²) in [6, 6.07) is 0. The molecule has 0 saturated heterocycles. The van der Waals surface area contributed by atoms with Crippen molar-refractivity contribution < 1.29 is 14.7 Å².